The van der Waals surface area contributed by atoms with Crippen molar-refractivity contribution in [3.8, 4) is 5.75 Å². The summed E-state index contributed by atoms with van der Waals surface area (Å²) in [5.41, 5.74) is 6.65. The molecule has 0 saturated heterocycles. The first-order valence-electron chi connectivity index (χ1n) is 9.06. The van der Waals surface area contributed by atoms with E-state index in [9.17, 15) is 14.7 Å². The molecule has 4 N–H and O–H groups in total. The number of nitrogens with zero attached hydrogens (tertiary/aromatic N) is 1. The van der Waals surface area contributed by atoms with E-state index in [1.54, 1.807) is 25.1 Å². The van der Waals surface area contributed by atoms with Crippen molar-refractivity contribution in [2.45, 2.75) is 46.1 Å². The Bertz CT molecular complexity index is 904. The van der Waals surface area contributed by atoms with Crippen LogP contribution in [0.1, 0.15) is 49.2 Å². The number of carbonyl (C=O) groups excluding carboxylic acids is 1. The number of carboxylic acids is 1. The zero-order valence-corrected chi connectivity index (χ0v) is 15.8. The third kappa shape index (κ3) is 3.97. The average molecular weight is 371 g/mol. The number of amides is 1. The molecule has 27 heavy (non-hydrogen) atoms. The molecule has 1 fully saturated rings. The number of hydrogen-bond acceptors (Lipinski definition) is 5. The number of fused-ring (bicyclic) bond motifs is 1. The minimum Gasteiger partial charge on any atom is -0.493 e. The number of carbonyl (C=O) groups is 2. The standard InChI is InChI=1S/C20H25N3O4/c1-11-15(18(24)25)17(21)16-13(22-11)5-4-6-14(16)27-10-9-20(2,3)19(26)23-12-7-8-12/h4-6,12H,7-10H2,1-3H3,(H2,21,22)(H,23,26)(H,24,25). The van der Waals surface area contributed by atoms with Gasteiger partial charge in [0, 0.05) is 11.5 Å². The van der Waals surface area contributed by atoms with Gasteiger partial charge in [-0.05, 0) is 38.3 Å². The van der Waals surface area contributed by atoms with Gasteiger partial charge in [-0.1, -0.05) is 19.9 Å². The molecule has 3 rings (SSSR count). The zero-order valence-electron chi connectivity index (χ0n) is 15.8. The highest BCUT2D eigenvalue weighted by Crippen LogP contribution is 2.34. The molecule has 1 aliphatic carbocycles. The van der Waals surface area contributed by atoms with Crippen molar-refractivity contribution < 1.29 is 19.4 Å². The lowest BCUT2D eigenvalue weighted by atomic mass is 9.88. The number of aromatic carboxylic acids is 1. The number of nitrogens with two attached hydrogens (primary N) is 1. The Balaban J connectivity index is 1.79. The third-order valence-corrected chi connectivity index (χ3v) is 4.92. The smallest absolute Gasteiger partial charge is 0.339 e. The lowest BCUT2D eigenvalue weighted by Crippen LogP contribution is -2.39. The molecule has 0 spiro atoms. The molecule has 0 unspecified atom stereocenters. The van der Waals surface area contributed by atoms with Crippen LogP contribution in [0, 0.1) is 12.3 Å². The van der Waals surface area contributed by atoms with Gasteiger partial charge in [0.25, 0.3) is 0 Å². The second-order valence-electron chi connectivity index (χ2n) is 7.67. The number of carboxylic acid groups (broad SMARTS) is 1. The van der Waals surface area contributed by atoms with E-state index in [2.05, 4.69) is 10.3 Å². The molecule has 1 aliphatic rings. The Morgan fingerprint density at radius 2 is 2.07 bits per heavy atom. The fourth-order valence-corrected chi connectivity index (χ4v) is 2.97. The number of nitrogens with one attached hydrogen (secondary N) is 1. The summed E-state index contributed by atoms with van der Waals surface area (Å²) in [6, 6.07) is 5.61. The second kappa shape index (κ2) is 7.06. The first-order valence-corrected chi connectivity index (χ1v) is 9.06. The maximum absolute atomic E-state index is 12.3. The van der Waals surface area contributed by atoms with Gasteiger partial charge in [-0.3, -0.25) is 9.78 Å². The fourth-order valence-electron chi connectivity index (χ4n) is 2.97. The van der Waals surface area contributed by atoms with Crippen LogP contribution in [0.5, 0.6) is 5.75 Å². The highest BCUT2D eigenvalue weighted by atomic mass is 16.5. The van der Waals surface area contributed by atoms with E-state index in [1.807, 2.05) is 13.8 Å². The number of benzene rings is 1. The van der Waals surface area contributed by atoms with Gasteiger partial charge in [-0.25, -0.2) is 4.79 Å². The number of hydrogen-bond donors (Lipinski definition) is 3. The molecule has 2 aromatic rings. The summed E-state index contributed by atoms with van der Waals surface area (Å²) in [5, 5.41) is 12.9. The van der Waals surface area contributed by atoms with Crippen molar-refractivity contribution in [2.24, 2.45) is 5.41 Å². The van der Waals surface area contributed by atoms with Crippen LogP contribution in [0.3, 0.4) is 0 Å². The van der Waals surface area contributed by atoms with E-state index in [0.29, 0.717) is 41.4 Å². The summed E-state index contributed by atoms with van der Waals surface area (Å²) >= 11 is 0. The Morgan fingerprint density at radius 3 is 2.70 bits per heavy atom. The van der Waals surface area contributed by atoms with Crippen molar-refractivity contribution >= 4 is 28.5 Å². The molecule has 0 radical (unpaired) electrons. The van der Waals surface area contributed by atoms with Crippen LogP contribution in [0.2, 0.25) is 0 Å². The quantitative estimate of drug-likeness (QED) is 0.689. The Morgan fingerprint density at radius 1 is 1.37 bits per heavy atom. The highest BCUT2D eigenvalue weighted by molar-refractivity contribution is 6.06. The monoisotopic (exact) mass is 371 g/mol. The van der Waals surface area contributed by atoms with E-state index in [-0.39, 0.29) is 17.2 Å². The lowest BCUT2D eigenvalue weighted by Gasteiger charge is -2.24. The van der Waals surface area contributed by atoms with Crippen LogP contribution < -0.4 is 15.8 Å². The van der Waals surface area contributed by atoms with Gasteiger partial charge in [-0.2, -0.15) is 0 Å². The van der Waals surface area contributed by atoms with Gasteiger partial charge in [0.15, 0.2) is 0 Å². The third-order valence-electron chi connectivity index (χ3n) is 4.92. The predicted molar refractivity (Wildman–Crippen MR) is 103 cm³/mol. The van der Waals surface area contributed by atoms with Crippen LogP contribution in [0.25, 0.3) is 10.9 Å². The SMILES string of the molecule is Cc1nc2cccc(OCCC(C)(C)C(=O)NC3CC3)c2c(N)c1C(=O)O. The number of nitrogen functional groups attached to an aromatic ring is 1. The number of pyridine rings is 1. The van der Waals surface area contributed by atoms with Crippen LogP contribution >= 0.6 is 0 Å². The predicted octanol–water partition coefficient (Wildman–Crippen LogP) is 2.90. The molecule has 0 aliphatic heterocycles. The van der Waals surface area contributed by atoms with Crippen molar-refractivity contribution in [1.29, 1.82) is 0 Å². The zero-order chi connectivity index (χ0) is 19.8. The molecular formula is C20H25N3O4. The largest absolute Gasteiger partial charge is 0.493 e. The summed E-state index contributed by atoms with van der Waals surface area (Å²) < 4.78 is 5.89. The minimum absolute atomic E-state index is 0.0114. The molecule has 1 heterocycles. The summed E-state index contributed by atoms with van der Waals surface area (Å²) in [7, 11) is 0. The second-order valence-corrected chi connectivity index (χ2v) is 7.67. The summed E-state index contributed by atoms with van der Waals surface area (Å²) in [4.78, 5) is 28.2. The maximum Gasteiger partial charge on any atom is 0.339 e. The average Bonchev–Trinajstić information content (AvgIpc) is 3.38. The van der Waals surface area contributed by atoms with Crippen molar-refractivity contribution in [3.05, 3.63) is 29.5 Å². The first kappa shape index (κ1) is 18.9. The Kier molecular flexibility index (Phi) is 4.95. The number of rotatable bonds is 7. The highest BCUT2D eigenvalue weighted by Gasteiger charge is 2.32. The summed E-state index contributed by atoms with van der Waals surface area (Å²) in [5.74, 6) is -0.623. The molecule has 1 saturated carbocycles. The Labute approximate surface area is 157 Å². The lowest BCUT2D eigenvalue weighted by molar-refractivity contribution is -0.130. The number of ether oxygens (including phenoxy) is 1. The van der Waals surface area contributed by atoms with E-state index < -0.39 is 11.4 Å². The van der Waals surface area contributed by atoms with Gasteiger partial charge in [-0.15, -0.1) is 0 Å². The van der Waals surface area contributed by atoms with Gasteiger partial charge >= 0.3 is 5.97 Å². The number of aromatic nitrogens is 1. The van der Waals surface area contributed by atoms with Crippen LogP contribution in [-0.4, -0.2) is 34.6 Å². The van der Waals surface area contributed by atoms with Crippen LogP contribution in [-0.2, 0) is 4.79 Å². The minimum atomic E-state index is -1.12. The first-order chi connectivity index (χ1) is 12.7. The van der Waals surface area contributed by atoms with Gasteiger partial charge < -0.3 is 20.9 Å². The molecule has 1 aromatic heterocycles. The summed E-state index contributed by atoms with van der Waals surface area (Å²) in [6.07, 6.45) is 2.62. The molecule has 7 heteroatoms. The van der Waals surface area contributed by atoms with Crippen molar-refractivity contribution in [1.82, 2.24) is 10.3 Å². The van der Waals surface area contributed by atoms with E-state index in [1.165, 1.54) is 0 Å². The molecular weight excluding hydrogens is 346 g/mol. The van der Waals surface area contributed by atoms with Crippen molar-refractivity contribution in [3.63, 3.8) is 0 Å². The summed E-state index contributed by atoms with van der Waals surface area (Å²) in [6.45, 7) is 5.70. The van der Waals surface area contributed by atoms with Crippen molar-refractivity contribution in [2.75, 3.05) is 12.3 Å². The van der Waals surface area contributed by atoms with E-state index in [4.69, 9.17) is 10.5 Å². The molecule has 0 bridgehead atoms. The molecule has 7 nitrogen and oxygen atoms in total. The molecule has 0 atom stereocenters. The molecule has 144 valence electrons. The maximum atomic E-state index is 12.3. The fraction of sp³-hybridized carbons (Fsp3) is 0.450. The van der Waals surface area contributed by atoms with Gasteiger partial charge in [0.1, 0.15) is 11.3 Å². The van der Waals surface area contributed by atoms with E-state index in [0.717, 1.165) is 12.8 Å². The Hall–Kier alpha value is -2.83. The van der Waals surface area contributed by atoms with Gasteiger partial charge in [0.2, 0.25) is 5.91 Å². The van der Waals surface area contributed by atoms with Crippen LogP contribution in [0.15, 0.2) is 18.2 Å². The van der Waals surface area contributed by atoms with Crippen LogP contribution in [0.4, 0.5) is 5.69 Å². The number of aryl methyl sites for hydroxylation is 1. The normalized spacial score (nSPS) is 14.2. The van der Waals surface area contributed by atoms with E-state index >= 15 is 0 Å². The topological polar surface area (TPSA) is 115 Å². The molecule has 1 amide bonds. The molecule has 1 aromatic carbocycles. The number of anilines is 1. The van der Waals surface area contributed by atoms with Gasteiger partial charge in [0.05, 0.1) is 28.9 Å².